The summed E-state index contributed by atoms with van der Waals surface area (Å²) < 4.78 is 23.0. The lowest BCUT2D eigenvalue weighted by molar-refractivity contribution is 0.251. The van der Waals surface area contributed by atoms with Crippen molar-refractivity contribution in [2.75, 3.05) is 0 Å². The molecule has 2 unspecified atom stereocenters. The molecule has 118 valence electrons. The van der Waals surface area contributed by atoms with Crippen molar-refractivity contribution in [3.05, 3.63) is 12.7 Å². The van der Waals surface area contributed by atoms with Crippen LogP contribution in [0.1, 0.15) is 32.1 Å². The van der Waals surface area contributed by atoms with Crippen molar-refractivity contribution in [3.63, 3.8) is 0 Å². The second-order valence-corrected chi connectivity index (χ2v) is 9.62. The average molecular weight is 400 g/mol. The summed E-state index contributed by atoms with van der Waals surface area (Å²) in [4.78, 5) is -1.05. The minimum Gasteiger partial charge on any atom is -0.760 e. The number of rotatable bonds is 7. The van der Waals surface area contributed by atoms with Gasteiger partial charge in [-0.1, -0.05) is 60.3 Å². The van der Waals surface area contributed by atoms with E-state index in [0.29, 0.717) is 0 Å². The van der Waals surface area contributed by atoms with Gasteiger partial charge >= 0.3 is 0 Å². The second-order valence-electron chi connectivity index (χ2n) is 4.48. The summed E-state index contributed by atoms with van der Waals surface area (Å²) in [6, 6.07) is -0.0641. The lowest BCUT2D eigenvalue weighted by Crippen LogP contribution is -2.44. The molecule has 0 spiro atoms. The van der Waals surface area contributed by atoms with Gasteiger partial charge in [0.1, 0.15) is 4.84 Å². The highest BCUT2D eigenvalue weighted by Gasteiger charge is 2.39. The molecular formula is C11H16Cl4NO2S2-. The van der Waals surface area contributed by atoms with E-state index < -0.39 is 25.1 Å². The monoisotopic (exact) mass is 398 g/mol. The standard InChI is InChI=1S/C11H17Cl4NO2S2/c1-2-9(19-11(14,15)10(12)13)16(20(17)18)8-6-4-3-5-7-8/h2,8-10H,1,3-7H2,(H,17,18)/p-1. The first-order valence-corrected chi connectivity index (χ1v) is 9.67. The predicted octanol–water partition coefficient (Wildman–Crippen LogP) is 4.60. The molecule has 1 aliphatic rings. The van der Waals surface area contributed by atoms with Crippen molar-refractivity contribution in [1.29, 1.82) is 0 Å². The first kappa shape index (κ1) is 19.4. The van der Waals surface area contributed by atoms with Gasteiger partial charge in [-0.25, -0.2) is 4.31 Å². The van der Waals surface area contributed by atoms with Gasteiger partial charge in [0.2, 0.25) is 0 Å². The normalized spacial score (nSPS) is 21.1. The molecule has 20 heavy (non-hydrogen) atoms. The molecule has 0 aromatic heterocycles. The maximum absolute atomic E-state index is 11.6. The van der Waals surface area contributed by atoms with Gasteiger partial charge in [-0.2, -0.15) is 0 Å². The summed E-state index contributed by atoms with van der Waals surface area (Å²) in [5.74, 6) is 0. The number of alkyl halides is 4. The summed E-state index contributed by atoms with van der Waals surface area (Å²) in [5, 5.41) is -0.605. The van der Waals surface area contributed by atoms with Crippen LogP contribution in [-0.2, 0) is 11.3 Å². The van der Waals surface area contributed by atoms with E-state index in [1.807, 2.05) is 0 Å². The Balaban J connectivity index is 2.86. The van der Waals surface area contributed by atoms with Crippen molar-refractivity contribution in [2.24, 2.45) is 0 Å². The maximum Gasteiger partial charge on any atom is 0.195 e. The van der Waals surface area contributed by atoms with E-state index in [-0.39, 0.29) is 6.04 Å². The Morgan fingerprint density at radius 3 is 2.30 bits per heavy atom. The molecule has 0 bridgehead atoms. The molecule has 3 nitrogen and oxygen atoms in total. The summed E-state index contributed by atoms with van der Waals surface area (Å²) in [6.07, 6.45) is 6.27. The van der Waals surface area contributed by atoms with Crippen LogP contribution in [0.4, 0.5) is 0 Å². The van der Waals surface area contributed by atoms with Gasteiger partial charge in [-0.3, -0.25) is 4.21 Å². The second kappa shape index (κ2) is 8.82. The van der Waals surface area contributed by atoms with Gasteiger partial charge in [-0.15, -0.1) is 29.8 Å². The third kappa shape index (κ3) is 5.51. The number of thioether (sulfide) groups is 1. The largest absolute Gasteiger partial charge is 0.760 e. The summed E-state index contributed by atoms with van der Waals surface area (Å²) in [5.41, 5.74) is 0. The highest BCUT2D eigenvalue weighted by atomic mass is 35.5. The van der Waals surface area contributed by atoms with E-state index in [4.69, 9.17) is 46.4 Å². The van der Waals surface area contributed by atoms with Crippen molar-refractivity contribution < 1.29 is 8.76 Å². The van der Waals surface area contributed by atoms with Crippen LogP contribution in [0.3, 0.4) is 0 Å². The number of nitrogens with zero attached hydrogens (tertiary/aromatic N) is 1. The average Bonchev–Trinajstić information content (AvgIpc) is 2.38. The predicted molar refractivity (Wildman–Crippen MR) is 89.1 cm³/mol. The quantitative estimate of drug-likeness (QED) is 0.272. The first-order valence-electron chi connectivity index (χ1n) is 6.13. The smallest absolute Gasteiger partial charge is 0.195 e. The van der Waals surface area contributed by atoms with Crippen molar-refractivity contribution in [1.82, 2.24) is 4.31 Å². The van der Waals surface area contributed by atoms with Crippen molar-refractivity contribution >= 4 is 69.4 Å². The number of halogens is 4. The molecule has 0 radical (unpaired) electrons. The molecule has 0 amide bonds. The van der Waals surface area contributed by atoms with Crippen LogP contribution >= 0.6 is 58.2 Å². The molecule has 1 fully saturated rings. The van der Waals surface area contributed by atoms with Gasteiger partial charge in [0, 0.05) is 17.3 Å². The van der Waals surface area contributed by atoms with Crippen LogP contribution in [0.2, 0.25) is 0 Å². The fourth-order valence-corrected chi connectivity index (χ4v) is 4.87. The summed E-state index contributed by atoms with van der Waals surface area (Å²) in [7, 11) is 0. The molecule has 0 heterocycles. The SMILES string of the molecule is C=CC(SC(Cl)(Cl)C(Cl)Cl)N(C1CCCCC1)S(=O)[O-]. The molecule has 0 N–H and O–H groups in total. The zero-order valence-electron chi connectivity index (χ0n) is 10.6. The molecule has 0 aromatic rings. The zero-order valence-corrected chi connectivity index (χ0v) is 15.3. The molecule has 1 aliphatic carbocycles. The Morgan fingerprint density at radius 2 is 1.90 bits per heavy atom. The van der Waals surface area contributed by atoms with Gasteiger partial charge in [0.15, 0.2) is 3.67 Å². The lowest BCUT2D eigenvalue weighted by atomic mass is 9.95. The van der Waals surface area contributed by atoms with E-state index in [0.717, 1.165) is 43.9 Å². The Bertz CT molecular complexity index is 351. The molecule has 0 saturated heterocycles. The van der Waals surface area contributed by atoms with Gasteiger partial charge in [-0.05, 0) is 12.8 Å². The molecule has 0 aromatic carbocycles. The van der Waals surface area contributed by atoms with Crippen LogP contribution in [0.25, 0.3) is 0 Å². The molecular weight excluding hydrogens is 384 g/mol. The van der Waals surface area contributed by atoms with Crippen LogP contribution < -0.4 is 0 Å². The van der Waals surface area contributed by atoms with Gasteiger partial charge in [0.25, 0.3) is 0 Å². The van der Waals surface area contributed by atoms with E-state index in [9.17, 15) is 8.76 Å². The Kier molecular flexibility index (Phi) is 8.54. The summed E-state index contributed by atoms with van der Waals surface area (Å²) in [6.45, 7) is 3.66. The van der Waals surface area contributed by atoms with Crippen LogP contribution in [0, 0.1) is 0 Å². The third-order valence-electron chi connectivity index (χ3n) is 3.09. The Labute approximate surface area is 146 Å². The van der Waals surface area contributed by atoms with Gasteiger partial charge < -0.3 is 4.55 Å². The van der Waals surface area contributed by atoms with Gasteiger partial charge in [0.05, 0.1) is 5.37 Å². The number of hydrogen-bond acceptors (Lipinski definition) is 3. The first-order chi connectivity index (χ1) is 9.29. The third-order valence-corrected chi connectivity index (χ3v) is 7.64. The van der Waals surface area contributed by atoms with E-state index >= 15 is 0 Å². The maximum atomic E-state index is 11.6. The van der Waals surface area contributed by atoms with Crippen molar-refractivity contribution in [3.8, 4) is 0 Å². The van der Waals surface area contributed by atoms with Crippen LogP contribution in [0.15, 0.2) is 12.7 Å². The van der Waals surface area contributed by atoms with E-state index in [2.05, 4.69) is 6.58 Å². The molecule has 1 rings (SSSR count). The topological polar surface area (TPSA) is 43.4 Å². The fraction of sp³-hybridized carbons (Fsp3) is 0.818. The van der Waals surface area contributed by atoms with E-state index in [1.165, 1.54) is 10.4 Å². The van der Waals surface area contributed by atoms with Crippen molar-refractivity contribution in [2.45, 2.75) is 52.0 Å². The molecule has 0 aliphatic heterocycles. The molecule has 9 heteroatoms. The highest BCUT2D eigenvalue weighted by Crippen LogP contribution is 2.46. The summed E-state index contributed by atoms with van der Waals surface area (Å²) >= 11 is 22.0. The van der Waals surface area contributed by atoms with Crippen LogP contribution in [-0.4, -0.2) is 33.0 Å². The Morgan fingerprint density at radius 1 is 1.35 bits per heavy atom. The van der Waals surface area contributed by atoms with Crippen LogP contribution in [0.5, 0.6) is 0 Å². The Hall–Kier alpha value is 1.32. The zero-order chi connectivity index (χ0) is 15.3. The fourth-order valence-electron chi connectivity index (χ4n) is 2.17. The molecule has 1 saturated carbocycles. The minimum absolute atomic E-state index is 0.0641. The lowest BCUT2D eigenvalue weighted by Gasteiger charge is -2.40. The minimum atomic E-state index is -2.39. The molecule has 2 atom stereocenters. The van der Waals surface area contributed by atoms with E-state index in [1.54, 1.807) is 0 Å². The highest BCUT2D eigenvalue weighted by molar-refractivity contribution is 8.04. The number of hydrogen-bond donors (Lipinski definition) is 0.